The molecule has 0 aromatic carbocycles. The molecule has 17 heavy (non-hydrogen) atoms. The molecule has 0 saturated heterocycles. The summed E-state index contributed by atoms with van der Waals surface area (Å²) in [6, 6.07) is 0.398. The minimum atomic E-state index is -0.0798. The Balaban J connectivity index is 2.19. The first-order chi connectivity index (χ1) is 8.22. The van der Waals surface area contributed by atoms with Gasteiger partial charge in [0.15, 0.2) is 0 Å². The Labute approximate surface area is 109 Å². The molecule has 1 atom stereocenters. The maximum atomic E-state index is 11.9. The zero-order valence-corrected chi connectivity index (χ0v) is 11.4. The van der Waals surface area contributed by atoms with Crippen molar-refractivity contribution >= 4 is 21.6 Å². The average Bonchev–Trinajstić information content (AvgIpc) is 2.37. The summed E-state index contributed by atoms with van der Waals surface area (Å²) in [6.45, 7) is 2.49. The first-order valence-electron chi connectivity index (χ1n) is 5.89. The molecule has 0 fully saturated rings. The lowest BCUT2D eigenvalue weighted by atomic mass is 10.0. The number of aromatic nitrogens is 2. The molecule has 1 N–H and O–H groups in total. The molecule has 0 radical (unpaired) electrons. The van der Waals surface area contributed by atoms with E-state index in [2.05, 4.69) is 38.5 Å². The highest BCUT2D eigenvalue weighted by Crippen LogP contribution is 2.21. The van der Waals surface area contributed by atoms with Crippen LogP contribution < -0.4 is 10.9 Å². The number of allylic oxidation sites excluding steroid dienone is 1. The second-order valence-electron chi connectivity index (χ2n) is 4.12. The van der Waals surface area contributed by atoms with Crippen LogP contribution in [-0.4, -0.2) is 15.8 Å². The Morgan fingerprint density at radius 2 is 2.41 bits per heavy atom. The topological polar surface area (TPSA) is 46.9 Å². The first-order valence-corrected chi connectivity index (χ1v) is 6.68. The van der Waals surface area contributed by atoms with Crippen LogP contribution in [0, 0.1) is 0 Å². The highest BCUT2D eigenvalue weighted by molar-refractivity contribution is 9.10. The van der Waals surface area contributed by atoms with Crippen LogP contribution in [0.5, 0.6) is 0 Å². The van der Waals surface area contributed by atoms with E-state index in [9.17, 15) is 4.79 Å². The Morgan fingerprint density at radius 3 is 3.06 bits per heavy atom. The molecule has 1 unspecified atom stereocenters. The van der Waals surface area contributed by atoms with E-state index in [4.69, 9.17) is 0 Å². The number of hydrogen-bond acceptors (Lipinski definition) is 3. The standard InChI is InChI=1S/C12H16BrN3O/c1-2-16-12(17)11(13)10(8-14-16)15-9-6-4-3-5-7-9/h3-4,8-9,15H,2,5-7H2,1H3. The van der Waals surface area contributed by atoms with E-state index in [1.54, 1.807) is 6.20 Å². The number of hydrogen-bond donors (Lipinski definition) is 1. The lowest BCUT2D eigenvalue weighted by molar-refractivity contribution is 0.607. The van der Waals surface area contributed by atoms with Gasteiger partial charge in [-0.15, -0.1) is 0 Å². The zero-order valence-electron chi connectivity index (χ0n) is 9.82. The molecule has 0 aliphatic heterocycles. The van der Waals surface area contributed by atoms with Gasteiger partial charge < -0.3 is 5.32 Å². The second-order valence-corrected chi connectivity index (χ2v) is 4.91. The third-order valence-electron chi connectivity index (χ3n) is 2.91. The van der Waals surface area contributed by atoms with Crippen LogP contribution in [0.15, 0.2) is 27.6 Å². The minimum absolute atomic E-state index is 0.0798. The molecule has 92 valence electrons. The van der Waals surface area contributed by atoms with Crippen LogP contribution in [-0.2, 0) is 6.54 Å². The van der Waals surface area contributed by atoms with Gasteiger partial charge in [-0.3, -0.25) is 4.79 Å². The van der Waals surface area contributed by atoms with E-state index < -0.39 is 0 Å². The fraction of sp³-hybridized carbons (Fsp3) is 0.500. The van der Waals surface area contributed by atoms with Gasteiger partial charge >= 0.3 is 0 Å². The van der Waals surface area contributed by atoms with Crippen LogP contribution in [0.25, 0.3) is 0 Å². The summed E-state index contributed by atoms with van der Waals surface area (Å²) in [5, 5.41) is 7.48. The lowest BCUT2D eigenvalue weighted by Crippen LogP contribution is -2.26. The summed E-state index contributed by atoms with van der Waals surface area (Å²) >= 11 is 3.34. The van der Waals surface area contributed by atoms with Crippen molar-refractivity contribution in [2.45, 2.75) is 38.8 Å². The van der Waals surface area contributed by atoms with Gasteiger partial charge in [-0.2, -0.15) is 5.10 Å². The third kappa shape index (κ3) is 2.77. The quantitative estimate of drug-likeness (QED) is 0.872. The zero-order chi connectivity index (χ0) is 12.3. The highest BCUT2D eigenvalue weighted by Gasteiger charge is 2.13. The molecule has 1 aromatic heterocycles. The first kappa shape index (κ1) is 12.4. The largest absolute Gasteiger partial charge is 0.380 e. The smallest absolute Gasteiger partial charge is 0.283 e. The van der Waals surface area contributed by atoms with Gasteiger partial charge in [-0.1, -0.05) is 12.2 Å². The number of nitrogens with zero attached hydrogens (tertiary/aromatic N) is 2. The summed E-state index contributed by atoms with van der Waals surface area (Å²) in [7, 11) is 0. The van der Waals surface area contributed by atoms with Crippen LogP contribution in [0.3, 0.4) is 0 Å². The van der Waals surface area contributed by atoms with Crippen LogP contribution in [0.4, 0.5) is 5.69 Å². The summed E-state index contributed by atoms with van der Waals surface area (Å²) in [5.41, 5.74) is 0.712. The van der Waals surface area contributed by atoms with E-state index in [-0.39, 0.29) is 5.56 Å². The maximum Gasteiger partial charge on any atom is 0.283 e. The molecule has 4 nitrogen and oxygen atoms in total. The van der Waals surface area contributed by atoms with Crippen LogP contribution >= 0.6 is 15.9 Å². The molecule has 0 amide bonds. The van der Waals surface area contributed by atoms with Crippen LogP contribution in [0.2, 0.25) is 0 Å². The number of aryl methyl sites for hydroxylation is 1. The Morgan fingerprint density at radius 1 is 1.59 bits per heavy atom. The highest BCUT2D eigenvalue weighted by atomic mass is 79.9. The molecule has 1 heterocycles. The van der Waals surface area contributed by atoms with E-state index in [1.807, 2.05) is 6.92 Å². The van der Waals surface area contributed by atoms with Gasteiger partial charge in [-0.25, -0.2) is 4.68 Å². The fourth-order valence-electron chi connectivity index (χ4n) is 1.94. The fourth-order valence-corrected chi connectivity index (χ4v) is 2.36. The Kier molecular flexibility index (Phi) is 3.99. The number of nitrogens with one attached hydrogen (secondary N) is 1. The van der Waals surface area contributed by atoms with Gasteiger partial charge in [0.1, 0.15) is 4.47 Å². The van der Waals surface area contributed by atoms with E-state index in [1.165, 1.54) is 4.68 Å². The molecule has 1 aliphatic carbocycles. The normalized spacial score (nSPS) is 19.3. The monoisotopic (exact) mass is 297 g/mol. The molecular weight excluding hydrogens is 282 g/mol. The van der Waals surface area contributed by atoms with Crippen molar-refractivity contribution < 1.29 is 0 Å². The maximum absolute atomic E-state index is 11.9. The van der Waals surface area contributed by atoms with Crippen LogP contribution in [0.1, 0.15) is 26.2 Å². The number of rotatable bonds is 3. The summed E-state index contributed by atoms with van der Waals surface area (Å²) in [5.74, 6) is 0. The van der Waals surface area contributed by atoms with Crippen molar-refractivity contribution in [1.82, 2.24) is 9.78 Å². The Hall–Kier alpha value is -1.10. The third-order valence-corrected chi connectivity index (χ3v) is 3.68. The molecule has 2 rings (SSSR count). The van der Waals surface area contributed by atoms with Gasteiger partial charge in [-0.05, 0) is 42.1 Å². The molecule has 0 bridgehead atoms. The summed E-state index contributed by atoms with van der Waals surface area (Å²) in [6.07, 6.45) is 9.28. The number of halogens is 1. The van der Waals surface area contributed by atoms with Crippen molar-refractivity contribution in [1.29, 1.82) is 0 Å². The summed E-state index contributed by atoms with van der Waals surface area (Å²) in [4.78, 5) is 11.9. The molecular formula is C12H16BrN3O. The summed E-state index contributed by atoms with van der Waals surface area (Å²) < 4.78 is 2.01. The predicted molar refractivity (Wildman–Crippen MR) is 72.3 cm³/mol. The average molecular weight is 298 g/mol. The van der Waals surface area contributed by atoms with Crippen molar-refractivity contribution in [3.63, 3.8) is 0 Å². The second kappa shape index (κ2) is 5.49. The molecule has 1 aromatic rings. The molecule has 5 heteroatoms. The van der Waals surface area contributed by atoms with Crippen molar-refractivity contribution in [2.75, 3.05) is 5.32 Å². The molecule has 0 spiro atoms. The van der Waals surface area contributed by atoms with Gasteiger partial charge in [0.25, 0.3) is 5.56 Å². The number of anilines is 1. The van der Waals surface area contributed by atoms with E-state index in [0.717, 1.165) is 24.9 Å². The predicted octanol–water partition coefficient (Wildman–Crippen LogP) is 2.55. The van der Waals surface area contributed by atoms with Gasteiger partial charge in [0.05, 0.1) is 11.9 Å². The molecule has 1 aliphatic rings. The molecule has 0 saturated carbocycles. The Bertz CT molecular complexity index is 481. The van der Waals surface area contributed by atoms with Crippen molar-refractivity contribution in [3.05, 3.63) is 33.2 Å². The minimum Gasteiger partial charge on any atom is -0.380 e. The van der Waals surface area contributed by atoms with E-state index in [0.29, 0.717) is 17.1 Å². The SMILES string of the molecule is CCn1ncc(NC2CC=CCC2)c(Br)c1=O. The van der Waals surface area contributed by atoms with Crippen molar-refractivity contribution in [2.24, 2.45) is 0 Å². The van der Waals surface area contributed by atoms with Crippen molar-refractivity contribution in [3.8, 4) is 0 Å². The van der Waals surface area contributed by atoms with Gasteiger partial charge in [0.2, 0.25) is 0 Å². The van der Waals surface area contributed by atoms with E-state index >= 15 is 0 Å². The lowest BCUT2D eigenvalue weighted by Gasteiger charge is -2.21. The van der Waals surface area contributed by atoms with Gasteiger partial charge in [0, 0.05) is 12.6 Å².